The molecule has 1 rings (SSSR count). The van der Waals surface area contributed by atoms with E-state index in [1.165, 1.54) is 18.3 Å². The number of ether oxygens (including phenoxy) is 1. The molecule has 0 saturated heterocycles. The van der Waals surface area contributed by atoms with Crippen LogP contribution in [-0.4, -0.2) is 25.2 Å². The third kappa shape index (κ3) is 5.99. The molecule has 0 saturated carbocycles. The van der Waals surface area contributed by atoms with E-state index in [9.17, 15) is 14.0 Å². The number of rotatable bonds is 6. The van der Waals surface area contributed by atoms with Crippen molar-refractivity contribution in [3.63, 3.8) is 0 Å². The first-order valence-corrected chi connectivity index (χ1v) is 6.24. The summed E-state index contributed by atoms with van der Waals surface area (Å²) in [6.45, 7) is 2.21. The maximum absolute atomic E-state index is 13.2. The summed E-state index contributed by atoms with van der Waals surface area (Å²) in [5.41, 5.74) is 0.374. The van der Waals surface area contributed by atoms with Crippen LogP contribution < -0.4 is 10.6 Å². The van der Waals surface area contributed by atoms with Gasteiger partial charge in [0.05, 0.1) is 13.0 Å². The second kappa shape index (κ2) is 8.68. The van der Waals surface area contributed by atoms with Crippen LogP contribution in [0.4, 0.5) is 9.18 Å². The Labute approximate surface area is 116 Å². The number of carbonyl (C=O) groups is 2. The SMILES string of the molecule is CCOC(=O)CCNC(=O)N/C=C/c1ccccc1F. The van der Waals surface area contributed by atoms with Gasteiger partial charge in [-0.25, -0.2) is 9.18 Å². The summed E-state index contributed by atoms with van der Waals surface area (Å²) in [7, 11) is 0. The van der Waals surface area contributed by atoms with Crippen LogP contribution in [0.25, 0.3) is 6.08 Å². The van der Waals surface area contributed by atoms with Crippen molar-refractivity contribution in [3.05, 3.63) is 41.8 Å². The average molecular weight is 280 g/mol. The molecule has 5 nitrogen and oxygen atoms in total. The van der Waals surface area contributed by atoms with E-state index >= 15 is 0 Å². The average Bonchev–Trinajstić information content (AvgIpc) is 2.41. The van der Waals surface area contributed by atoms with E-state index in [1.54, 1.807) is 25.1 Å². The molecular weight excluding hydrogens is 263 g/mol. The van der Waals surface area contributed by atoms with Gasteiger partial charge in [0.15, 0.2) is 0 Å². The lowest BCUT2D eigenvalue weighted by Crippen LogP contribution is -2.33. The third-order valence-corrected chi connectivity index (χ3v) is 2.30. The number of amides is 2. The smallest absolute Gasteiger partial charge is 0.318 e. The van der Waals surface area contributed by atoms with Gasteiger partial charge in [0, 0.05) is 18.3 Å². The largest absolute Gasteiger partial charge is 0.466 e. The molecule has 0 radical (unpaired) electrons. The van der Waals surface area contributed by atoms with E-state index in [-0.39, 0.29) is 24.8 Å². The van der Waals surface area contributed by atoms with Crippen LogP contribution in [0.2, 0.25) is 0 Å². The number of hydrogen-bond acceptors (Lipinski definition) is 3. The molecule has 0 aliphatic heterocycles. The zero-order chi connectivity index (χ0) is 14.8. The van der Waals surface area contributed by atoms with Crippen molar-refractivity contribution in [3.8, 4) is 0 Å². The van der Waals surface area contributed by atoms with Crippen LogP contribution in [0.3, 0.4) is 0 Å². The minimum atomic E-state index is -0.470. The summed E-state index contributed by atoms with van der Waals surface area (Å²) >= 11 is 0. The van der Waals surface area contributed by atoms with E-state index in [0.717, 1.165) is 0 Å². The van der Waals surface area contributed by atoms with Gasteiger partial charge in [-0.1, -0.05) is 18.2 Å². The number of halogens is 1. The number of esters is 1. The summed E-state index contributed by atoms with van der Waals surface area (Å²) in [6, 6.07) is 5.73. The van der Waals surface area contributed by atoms with E-state index in [1.807, 2.05) is 0 Å². The first-order valence-electron chi connectivity index (χ1n) is 6.24. The summed E-state index contributed by atoms with van der Waals surface area (Å²) < 4.78 is 18.0. The number of nitrogens with one attached hydrogen (secondary N) is 2. The molecule has 0 bridgehead atoms. The van der Waals surface area contributed by atoms with E-state index in [0.29, 0.717) is 12.2 Å². The van der Waals surface area contributed by atoms with Crippen LogP contribution in [0, 0.1) is 5.82 Å². The normalized spacial score (nSPS) is 10.3. The van der Waals surface area contributed by atoms with Gasteiger partial charge in [-0.15, -0.1) is 0 Å². The van der Waals surface area contributed by atoms with E-state index in [4.69, 9.17) is 4.74 Å². The van der Waals surface area contributed by atoms with E-state index in [2.05, 4.69) is 10.6 Å². The van der Waals surface area contributed by atoms with Gasteiger partial charge in [0.2, 0.25) is 0 Å². The van der Waals surface area contributed by atoms with Crippen molar-refractivity contribution in [2.24, 2.45) is 0 Å². The lowest BCUT2D eigenvalue weighted by Gasteiger charge is -2.04. The molecule has 0 heterocycles. The standard InChI is InChI=1S/C14H17FN2O3/c1-2-20-13(18)8-10-17-14(19)16-9-7-11-5-3-4-6-12(11)15/h3-7,9H,2,8,10H2,1H3,(H2,16,17,19)/b9-7+. The highest BCUT2D eigenvalue weighted by atomic mass is 19.1. The monoisotopic (exact) mass is 280 g/mol. The summed E-state index contributed by atoms with van der Waals surface area (Å²) in [5, 5.41) is 4.89. The molecule has 1 aromatic carbocycles. The molecule has 0 aromatic heterocycles. The number of urea groups is 1. The summed E-state index contributed by atoms with van der Waals surface area (Å²) in [5.74, 6) is -0.733. The van der Waals surface area contributed by atoms with Crippen LogP contribution in [0.1, 0.15) is 18.9 Å². The molecule has 0 fully saturated rings. The summed E-state index contributed by atoms with van der Waals surface area (Å²) in [4.78, 5) is 22.3. The zero-order valence-electron chi connectivity index (χ0n) is 11.2. The Balaban J connectivity index is 2.26. The van der Waals surface area contributed by atoms with Crippen LogP contribution >= 0.6 is 0 Å². The molecule has 1 aromatic rings. The Bertz CT molecular complexity index is 489. The highest BCUT2D eigenvalue weighted by Gasteiger charge is 2.02. The minimum absolute atomic E-state index is 0.109. The van der Waals surface area contributed by atoms with Gasteiger partial charge in [-0.05, 0) is 19.1 Å². The Hall–Kier alpha value is -2.37. The molecule has 0 unspecified atom stereocenters. The fourth-order valence-corrected chi connectivity index (χ4v) is 1.38. The van der Waals surface area contributed by atoms with Crippen LogP contribution in [-0.2, 0) is 9.53 Å². The van der Waals surface area contributed by atoms with Gasteiger partial charge in [-0.3, -0.25) is 4.79 Å². The predicted molar refractivity (Wildman–Crippen MR) is 73.2 cm³/mol. The lowest BCUT2D eigenvalue weighted by atomic mass is 10.2. The van der Waals surface area contributed by atoms with E-state index < -0.39 is 6.03 Å². The Morgan fingerprint density at radius 2 is 2.10 bits per heavy atom. The quantitative estimate of drug-likeness (QED) is 0.784. The van der Waals surface area contributed by atoms with Crippen molar-refractivity contribution in [2.75, 3.05) is 13.2 Å². The molecule has 0 aliphatic carbocycles. The van der Waals surface area contributed by atoms with Gasteiger partial charge >= 0.3 is 12.0 Å². The topological polar surface area (TPSA) is 67.4 Å². The van der Waals surface area contributed by atoms with Gasteiger partial charge in [0.25, 0.3) is 0 Å². The zero-order valence-corrected chi connectivity index (χ0v) is 11.2. The Morgan fingerprint density at radius 1 is 1.35 bits per heavy atom. The maximum Gasteiger partial charge on any atom is 0.318 e. The van der Waals surface area contributed by atoms with Crippen molar-refractivity contribution in [1.82, 2.24) is 10.6 Å². The molecule has 6 heteroatoms. The van der Waals surface area contributed by atoms with Crippen molar-refractivity contribution in [2.45, 2.75) is 13.3 Å². The first kappa shape index (κ1) is 15.7. The fourth-order valence-electron chi connectivity index (χ4n) is 1.38. The maximum atomic E-state index is 13.2. The number of benzene rings is 1. The fraction of sp³-hybridized carbons (Fsp3) is 0.286. The van der Waals surface area contributed by atoms with Gasteiger partial charge in [0.1, 0.15) is 5.82 Å². The molecule has 0 aliphatic rings. The second-order valence-corrected chi connectivity index (χ2v) is 3.81. The molecule has 108 valence electrons. The molecule has 20 heavy (non-hydrogen) atoms. The molecule has 0 atom stereocenters. The number of hydrogen-bond donors (Lipinski definition) is 2. The molecule has 2 N–H and O–H groups in total. The van der Waals surface area contributed by atoms with Gasteiger partial charge in [-0.2, -0.15) is 0 Å². The van der Waals surface area contributed by atoms with Crippen molar-refractivity contribution >= 4 is 18.1 Å². The highest BCUT2D eigenvalue weighted by Crippen LogP contribution is 2.07. The third-order valence-electron chi connectivity index (χ3n) is 2.30. The predicted octanol–water partition coefficient (Wildman–Crippen LogP) is 2.05. The first-order chi connectivity index (χ1) is 9.63. The number of carbonyl (C=O) groups excluding carboxylic acids is 2. The lowest BCUT2D eigenvalue weighted by molar-refractivity contribution is -0.142. The van der Waals surface area contributed by atoms with Crippen molar-refractivity contribution in [1.29, 1.82) is 0 Å². The van der Waals surface area contributed by atoms with Gasteiger partial charge < -0.3 is 15.4 Å². The van der Waals surface area contributed by atoms with Crippen LogP contribution in [0.15, 0.2) is 30.5 Å². The van der Waals surface area contributed by atoms with Crippen molar-refractivity contribution < 1.29 is 18.7 Å². The molecule has 2 amide bonds. The molecular formula is C14H17FN2O3. The molecule has 0 spiro atoms. The Kier molecular flexibility index (Phi) is 6.81. The Morgan fingerprint density at radius 3 is 2.80 bits per heavy atom. The second-order valence-electron chi connectivity index (χ2n) is 3.81. The highest BCUT2D eigenvalue weighted by molar-refractivity contribution is 5.77. The minimum Gasteiger partial charge on any atom is -0.466 e. The van der Waals surface area contributed by atoms with Crippen LogP contribution in [0.5, 0.6) is 0 Å². The summed E-state index contributed by atoms with van der Waals surface area (Å²) in [6.07, 6.45) is 2.89.